The van der Waals surface area contributed by atoms with E-state index in [4.69, 9.17) is 15.0 Å². The molecule has 0 saturated carbocycles. The maximum atomic E-state index is 11.4. The Balaban J connectivity index is 1.96. The number of hydrogen-bond acceptors (Lipinski definition) is 5. The van der Waals surface area contributed by atoms with Gasteiger partial charge in [0.2, 0.25) is 0 Å². The molecule has 0 aliphatic carbocycles. The van der Waals surface area contributed by atoms with Gasteiger partial charge < -0.3 is 9.15 Å². The van der Waals surface area contributed by atoms with E-state index in [0.717, 1.165) is 43.8 Å². The van der Waals surface area contributed by atoms with Crippen molar-refractivity contribution in [2.45, 2.75) is 32.4 Å². The number of nitrogens with zero attached hydrogens (tertiary/aromatic N) is 1. The van der Waals surface area contributed by atoms with Gasteiger partial charge >= 0.3 is 5.91 Å². The lowest BCUT2D eigenvalue weighted by Crippen LogP contribution is -2.36. The summed E-state index contributed by atoms with van der Waals surface area (Å²) in [7, 11) is 1.76. The number of furan rings is 1. The molecule has 1 saturated heterocycles. The van der Waals surface area contributed by atoms with Crippen LogP contribution in [0.5, 0.6) is 0 Å². The summed E-state index contributed by atoms with van der Waals surface area (Å²) in [5, 5.41) is 0. The molecule has 2 rings (SSSR count). The smallest absolute Gasteiger partial charge is 0.300 e. The fraction of sp³-hybridized carbons (Fsp3) is 0.615. The minimum Gasteiger partial charge on any atom is -0.456 e. The third-order valence-electron chi connectivity index (χ3n) is 3.64. The first-order valence-electron chi connectivity index (χ1n) is 6.49. The number of nitrogens with one attached hydrogen (secondary N) is 1. The van der Waals surface area contributed by atoms with Crippen molar-refractivity contribution in [3.63, 3.8) is 0 Å². The van der Waals surface area contributed by atoms with E-state index >= 15 is 0 Å². The van der Waals surface area contributed by atoms with Crippen molar-refractivity contribution in [3.8, 4) is 0 Å². The number of hydrazine groups is 1. The van der Waals surface area contributed by atoms with Crippen molar-refractivity contribution < 1.29 is 13.9 Å². The van der Waals surface area contributed by atoms with Gasteiger partial charge in [-0.15, -0.1) is 0 Å². The molecule has 3 N–H and O–H groups in total. The molecule has 1 amide bonds. The molecule has 1 aliphatic rings. The van der Waals surface area contributed by atoms with Gasteiger partial charge in [0.15, 0.2) is 5.76 Å². The van der Waals surface area contributed by atoms with Gasteiger partial charge in [0.05, 0.1) is 6.10 Å². The van der Waals surface area contributed by atoms with Crippen LogP contribution in [0.15, 0.2) is 10.5 Å². The van der Waals surface area contributed by atoms with Gasteiger partial charge in [0.25, 0.3) is 0 Å². The highest BCUT2D eigenvalue weighted by molar-refractivity contribution is 5.91. The highest BCUT2D eigenvalue weighted by Crippen LogP contribution is 2.20. The van der Waals surface area contributed by atoms with Gasteiger partial charge in [-0.2, -0.15) is 0 Å². The van der Waals surface area contributed by atoms with Gasteiger partial charge in [0, 0.05) is 32.3 Å². The summed E-state index contributed by atoms with van der Waals surface area (Å²) >= 11 is 0. The van der Waals surface area contributed by atoms with E-state index in [1.54, 1.807) is 13.2 Å². The first-order valence-corrected chi connectivity index (χ1v) is 6.49. The first kappa shape index (κ1) is 14.0. The monoisotopic (exact) mass is 267 g/mol. The number of amides is 1. The summed E-state index contributed by atoms with van der Waals surface area (Å²) in [6, 6.07) is 1.76. The third-order valence-corrected chi connectivity index (χ3v) is 3.64. The number of ether oxygens (including phenoxy) is 1. The number of aryl methyl sites for hydroxylation is 1. The lowest BCUT2D eigenvalue weighted by molar-refractivity contribution is 0.0387. The third kappa shape index (κ3) is 3.34. The van der Waals surface area contributed by atoms with Crippen LogP contribution in [0.2, 0.25) is 0 Å². The van der Waals surface area contributed by atoms with Gasteiger partial charge in [0.1, 0.15) is 5.76 Å². The van der Waals surface area contributed by atoms with Crippen LogP contribution in [0.3, 0.4) is 0 Å². The summed E-state index contributed by atoms with van der Waals surface area (Å²) in [6.45, 7) is 4.66. The molecule has 19 heavy (non-hydrogen) atoms. The number of nitrogen functional groups attached to an aromatic ring is 1. The summed E-state index contributed by atoms with van der Waals surface area (Å²) in [4.78, 5) is 13.7. The first-order chi connectivity index (χ1) is 9.13. The molecule has 1 aromatic rings. The highest BCUT2D eigenvalue weighted by Gasteiger charge is 2.21. The number of rotatable bonds is 4. The Kier molecular flexibility index (Phi) is 4.57. The van der Waals surface area contributed by atoms with E-state index in [9.17, 15) is 4.79 Å². The van der Waals surface area contributed by atoms with Crippen LogP contribution in [0.1, 0.15) is 34.7 Å². The molecule has 0 spiro atoms. The normalized spacial score (nSPS) is 17.6. The highest BCUT2D eigenvalue weighted by atomic mass is 16.5. The van der Waals surface area contributed by atoms with Gasteiger partial charge in [-0.3, -0.25) is 15.1 Å². The molecule has 106 valence electrons. The molecular weight excluding hydrogens is 246 g/mol. The number of carbonyl (C=O) groups excluding carboxylic acids is 1. The van der Waals surface area contributed by atoms with E-state index in [0.29, 0.717) is 6.10 Å². The number of nitrogens with two attached hydrogens (primary N) is 1. The zero-order valence-corrected chi connectivity index (χ0v) is 11.4. The zero-order chi connectivity index (χ0) is 13.8. The van der Waals surface area contributed by atoms with Gasteiger partial charge in [-0.1, -0.05) is 0 Å². The largest absolute Gasteiger partial charge is 0.456 e. The van der Waals surface area contributed by atoms with Gasteiger partial charge in [-0.25, -0.2) is 5.84 Å². The topological polar surface area (TPSA) is 80.7 Å². The van der Waals surface area contributed by atoms with Crippen LogP contribution < -0.4 is 11.3 Å². The molecule has 2 heterocycles. The summed E-state index contributed by atoms with van der Waals surface area (Å²) < 4.78 is 10.8. The fourth-order valence-corrected chi connectivity index (χ4v) is 2.40. The summed E-state index contributed by atoms with van der Waals surface area (Å²) in [5.74, 6) is 5.73. The second kappa shape index (κ2) is 6.18. The van der Waals surface area contributed by atoms with E-state index in [-0.39, 0.29) is 5.76 Å². The number of carbonyl (C=O) groups is 1. The Morgan fingerprint density at radius 1 is 1.58 bits per heavy atom. The minimum atomic E-state index is -0.396. The minimum absolute atomic E-state index is 0.266. The number of methoxy groups -OCH3 is 1. The molecule has 0 unspecified atom stereocenters. The van der Waals surface area contributed by atoms with Crippen LogP contribution in [0.25, 0.3) is 0 Å². The Morgan fingerprint density at radius 3 is 2.84 bits per heavy atom. The van der Waals surface area contributed by atoms with Crippen molar-refractivity contribution in [1.82, 2.24) is 10.3 Å². The molecule has 0 bridgehead atoms. The van der Waals surface area contributed by atoms with E-state index < -0.39 is 5.91 Å². The molecule has 6 heteroatoms. The van der Waals surface area contributed by atoms with Crippen molar-refractivity contribution in [3.05, 3.63) is 23.2 Å². The van der Waals surface area contributed by atoms with Crippen LogP contribution >= 0.6 is 0 Å². The Bertz CT molecular complexity index is 436. The van der Waals surface area contributed by atoms with Gasteiger partial charge in [-0.05, 0) is 25.8 Å². The Hall–Kier alpha value is -1.37. The summed E-state index contributed by atoms with van der Waals surface area (Å²) in [5.41, 5.74) is 3.11. The SMILES string of the molecule is COC1CCN(Cc2cc(C(=O)NN)oc2C)CC1. The quantitative estimate of drug-likeness (QED) is 0.479. The average molecular weight is 267 g/mol. The number of hydrogen-bond donors (Lipinski definition) is 2. The van der Waals surface area contributed by atoms with Crippen molar-refractivity contribution >= 4 is 5.91 Å². The molecule has 1 aromatic heterocycles. The lowest BCUT2D eigenvalue weighted by Gasteiger charge is -2.30. The van der Waals surface area contributed by atoms with Crippen LogP contribution in [-0.2, 0) is 11.3 Å². The standard InChI is InChI=1S/C13H21N3O3/c1-9-10(7-12(19-9)13(17)15-14)8-16-5-3-11(18-2)4-6-16/h7,11H,3-6,8,14H2,1-2H3,(H,15,17). The molecule has 1 aliphatic heterocycles. The molecule has 0 aromatic carbocycles. The van der Waals surface area contributed by atoms with Crippen molar-refractivity contribution in [2.24, 2.45) is 5.84 Å². The number of likely N-dealkylation sites (tertiary alicyclic amines) is 1. The second-order valence-electron chi connectivity index (χ2n) is 4.88. The van der Waals surface area contributed by atoms with Crippen LogP contribution in [-0.4, -0.2) is 37.1 Å². The van der Waals surface area contributed by atoms with E-state index in [1.165, 1.54) is 0 Å². The second-order valence-corrected chi connectivity index (χ2v) is 4.88. The van der Waals surface area contributed by atoms with Crippen molar-refractivity contribution in [2.75, 3.05) is 20.2 Å². The van der Waals surface area contributed by atoms with E-state index in [2.05, 4.69) is 10.3 Å². The van der Waals surface area contributed by atoms with Crippen LogP contribution in [0.4, 0.5) is 0 Å². The maximum Gasteiger partial charge on any atom is 0.300 e. The molecule has 6 nitrogen and oxygen atoms in total. The summed E-state index contributed by atoms with van der Waals surface area (Å²) in [6.07, 6.45) is 2.47. The molecule has 0 atom stereocenters. The Morgan fingerprint density at radius 2 is 2.26 bits per heavy atom. The molecule has 1 fully saturated rings. The molecule has 0 radical (unpaired) electrons. The average Bonchev–Trinajstić information content (AvgIpc) is 2.80. The predicted molar refractivity (Wildman–Crippen MR) is 70.4 cm³/mol. The Labute approximate surface area is 112 Å². The lowest BCUT2D eigenvalue weighted by atomic mass is 10.1. The number of piperidine rings is 1. The maximum absolute atomic E-state index is 11.4. The van der Waals surface area contributed by atoms with Crippen molar-refractivity contribution in [1.29, 1.82) is 0 Å². The predicted octanol–water partition coefficient (Wildman–Crippen LogP) is 0.802. The van der Waals surface area contributed by atoms with Crippen LogP contribution in [0, 0.1) is 6.92 Å². The molecular formula is C13H21N3O3. The fourth-order valence-electron chi connectivity index (χ4n) is 2.40. The van der Waals surface area contributed by atoms with E-state index in [1.807, 2.05) is 6.92 Å². The zero-order valence-electron chi connectivity index (χ0n) is 11.4.